The summed E-state index contributed by atoms with van der Waals surface area (Å²) in [5, 5.41) is 12.5. The zero-order chi connectivity index (χ0) is 10.8. The molecule has 1 heterocycles. The minimum atomic E-state index is -0.465. The molecule has 3 heteroatoms. The maximum absolute atomic E-state index is 9.17. The molecule has 0 aromatic rings. The van der Waals surface area contributed by atoms with E-state index in [1.807, 2.05) is 13.8 Å². The largest absolute Gasteiger partial charge is 0.372 e. The SMILES string of the molecule is CC(C)CNC1(C#N)COC(C)(C)C1. The summed E-state index contributed by atoms with van der Waals surface area (Å²) in [6, 6.07) is 2.35. The van der Waals surface area contributed by atoms with Crippen LogP contribution in [0.2, 0.25) is 0 Å². The number of nitrogens with zero attached hydrogens (tertiary/aromatic N) is 1. The Morgan fingerprint density at radius 3 is 2.50 bits per heavy atom. The first-order chi connectivity index (χ1) is 6.39. The van der Waals surface area contributed by atoms with Crippen molar-refractivity contribution in [2.24, 2.45) is 5.92 Å². The van der Waals surface area contributed by atoms with E-state index in [1.165, 1.54) is 0 Å². The van der Waals surface area contributed by atoms with Crippen LogP contribution < -0.4 is 5.32 Å². The normalized spacial score (nSPS) is 30.6. The van der Waals surface area contributed by atoms with Gasteiger partial charge in [0.1, 0.15) is 5.54 Å². The summed E-state index contributed by atoms with van der Waals surface area (Å²) >= 11 is 0. The van der Waals surface area contributed by atoms with Crippen LogP contribution in [0.5, 0.6) is 0 Å². The molecule has 80 valence electrons. The lowest BCUT2D eigenvalue weighted by molar-refractivity contribution is 0.0344. The summed E-state index contributed by atoms with van der Waals surface area (Å²) in [5.41, 5.74) is -0.631. The van der Waals surface area contributed by atoms with E-state index < -0.39 is 5.54 Å². The molecular weight excluding hydrogens is 176 g/mol. The van der Waals surface area contributed by atoms with Gasteiger partial charge in [-0.2, -0.15) is 5.26 Å². The summed E-state index contributed by atoms with van der Waals surface area (Å²) in [4.78, 5) is 0. The number of ether oxygens (including phenoxy) is 1. The van der Waals surface area contributed by atoms with Crippen molar-refractivity contribution in [2.45, 2.75) is 45.3 Å². The van der Waals surface area contributed by atoms with Gasteiger partial charge >= 0.3 is 0 Å². The highest BCUT2D eigenvalue weighted by Gasteiger charge is 2.44. The van der Waals surface area contributed by atoms with Crippen molar-refractivity contribution >= 4 is 0 Å². The summed E-state index contributed by atoms with van der Waals surface area (Å²) in [6.07, 6.45) is 0.767. The lowest BCUT2D eigenvalue weighted by atomic mass is 9.91. The predicted molar refractivity (Wildman–Crippen MR) is 55.8 cm³/mol. The molecule has 1 atom stereocenters. The van der Waals surface area contributed by atoms with E-state index in [0.29, 0.717) is 12.5 Å². The van der Waals surface area contributed by atoms with Crippen molar-refractivity contribution in [1.82, 2.24) is 5.32 Å². The Hall–Kier alpha value is -0.590. The van der Waals surface area contributed by atoms with Gasteiger partial charge in [-0.05, 0) is 26.3 Å². The Morgan fingerprint density at radius 2 is 2.14 bits per heavy atom. The number of rotatable bonds is 3. The van der Waals surface area contributed by atoms with E-state index in [-0.39, 0.29) is 5.60 Å². The van der Waals surface area contributed by atoms with E-state index in [9.17, 15) is 0 Å². The second kappa shape index (κ2) is 3.88. The van der Waals surface area contributed by atoms with Gasteiger partial charge in [0.2, 0.25) is 0 Å². The van der Waals surface area contributed by atoms with Crippen LogP contribution in [0.15, 0.2) is 0 Å². The van der Waals surface area contributed by atoms with E-state index >= 15 is 0 Å². The average molecular weight is 196 g/mol. The minimum absolute atomic E-state index is 0.167. The molecule has 0 saturated carbocycles. The molecule has 1 aliphatic heterocycles. The van der Waals surface area contributed by atoms with E-state index in [0.717, 1.165) is 13.0 Å². The molecule has 1 N–H and O–H groups in total. The van der Waals surface area contributed by atoms with Gasteiger partial charge in [-0.1, -0.05) is 13.8 Å². The second-order valence-electron chi connectivity index (χ2n) is 5.19. The van der Waals surface area contributed by atoms with Gasteiger partial charge in [-0.15, -0.1) is 0 Å². The van der Waals surface area contributed by atoms with Crippen LogP contribution in [-0.4, -0.2) is 24.3 Å². The highest BCUT2D eigenvalue weighted by molar-refractivity contribution is 5.13. The third-order valence-corrected chi connectivity index (χ3v) is 2.50. The highest BCUT2D eigenvalue weighted by Crippen LogP contribution is 2.32. The summed E-state index contributed by atoms with van der Waals surface area (Å²) in [5.74, 6) is 0.559. The molecule has 0 aromatic heterocycles. The fraction of sp³-hybridized carbons (Fsp3) is 0.909. The summed E-state index contributed by atoms with van der Waals surface area (Å²) < 4.78 is 5.59. The second-order valence-corrected chi connectivity index (χ2v) is 5.19. The first-order valence-electron chi connectivity index (χ1n) is 5.19. The number of nitriles is 1. The van der Waals surface area contributed by atoms with Crippen molar-refractivity contribution in [3.63, 3.8) is 0 Å². The van der Waals surface area contributed by atoms with Crippen LogP contribution in [0.25, 0.3) is 0 Å². The van der Waals surface area contributed by atoms with Crippen molar-refractivity contribution in [3.05, 3.63) is 0 Å². The quantitative estimate of drug-likeness (QED) is 0.747. The number of nitrogens with one attached hydrogen (secondary N) is 1. The highest BCUT2D eigenvalue weighted by atomic mass is 16.5. The summed E-state index contributed by atoms with van der Waals surface area (Å²) in [6.45, 7) is 9.71. The molecule has 0 radical (unpaired) electrons. The van der Waals surface area contributed by atoms with Crippen molar-refractivity contribution in [3.8, 4) is 6.07 Å². The van der Waals surface area contributed by atoms with E-state index in [2.05, 4.69) is 25.2 Å². The standard InChI is InChI=1S/C11H20N2O/c1-9(2)5-13-11(7-12)6-10(3,4)14-8-11/h9,13H,5-6,8H2,1-4H3. The Kier molecular flexibility index (Phi) is 3.18. The molecule has 0 aromatic carbocycles. The monoisotopic (exact) mass is 196 g/mol. The zero-order valence-corrected chi connectivity index (χ0v) is 9.55. The van der Waals surface area contributed by atoms with Gasteiger partial charge < -0.3 is 4.74 Å². The maximum atomic E-state index is 9.17. The van der Waals surface area contributed by atoms with Crippen LogP contribution in [0.1, 0.15) is 34.1 Å². The lowest BCUT2D eigenvalue weighted by Gasteiger charge is -2.23. The average Bonchev–Trinajstić information content (AvgIpc) is 2.40. The Labute approximate surface area is 86.4 Å². The predicted octanol–water partition coefficient (Wildman–Crippen LogP) is 1.69. The van der Waals surface area contributed by atoms with Crippen LogP contribution in [0.4, 0.5) is 0 Å². The Bertz CT molecular complexity index is 242. The van der Waals surface area contributed by atoms with Crippen molar-refractivity contribution < 1.29 is 4.74 Å². The van der Waals surface area contributed by atoms with Crippen LogP contribution in [0.3, 0.4) is 0 Å². The van der Waals surface area contributed by atoms with Crippen molar-refractivity contribution in [1.29, 1.82) is 5.26 Å². The van der Waals surface area contributed by atoms with Gasteiger partial charge in [0.15, 0.2) is 0 Å². The fourth-order valence-electron chi connectivity index (χ4n) is 1.77. The molecule has 1 aliphatic rings. The summed E-state index contributed by atoms with van der Waals surface area (Å²) in [7, 11) is 0. The smallest absolute Gasteiger partial charge is 0.133 e. The fourth-order valence-corrected chi connectivity index (χ4v) is 1.77. The molecule has 0 aliphatic carbocycles. The van der Waals surface area contributed by atoms with Crippen LogP contribution in [0, 0.1) is 17.2 Å². The lowest BCUT2D eigenvalue weighted by Crippen LogP contribution is -2.46. The van der Waals surface area contributed by atoms with E-state index in [4.69, 9.17) is 10.00 Å². The molecule has 1 rings (SSSR count). The van der Waals surface area contributed by atoms with Crippen molar-refractivity contribution in [2.75, 3.05) is 13.2 Å². The van der Waals surface area contributed by atoms with Crippen LogP contribution in [-0.2, 0) is 4.74 Å². The molecule has 0 spiro atoms. The maximum Gasteiger partial charge on any atom is 0.133 e. The number of hydrogen-bond acceptors (Lipinski definition) is 3. The Balaban J connectivity index is 2.58. The molecule has 0 bridgehead atoms. The topological polar surface area (TPSA) is 45.0 Å². The van der Waals surface area contributed by atoms with Crippen LogP contribution >= 0.6 is 0 Å². The van der Waals surface area contributed by atoms with Gasteiger partial charge in [0, 0.05) is 6.42 Å². The third-order valence-electron chi connectivity index (χ3n) is 2.50. The minimum Gasteiger partial charge on any atom is -0.372 e. The van der Waals surface area contributed by atoms with E-state index in [1.54, 1.807) is 0 Å². The molecule has 1 fully saturated rings. The molecule has 1 saturated heterocycles. The molecule has 3 nitrogen and oxygen atoms in total. The molecule has 14 heavy (non-hydrogen) atoms. The Morgan fingerprint density at radius 1 is 1.50 bits per heavy atom. The van der Waals surface area contributed by atoms with Gasteiger partial charge in [-0.25, -0.2) is 0 Å². The van der Waals surface area contributed by atoms with Gasteiger partial charge in [0.05, 0.1) is 18.3 Å². The van der Waals surface area contributed by atoms with Gasteiger partial charge in [-0.3, -0.25) is 5.32 Å². The first-order valence-corrected chi connectivity index (χ1v) is 5.19. The third kappa shape index (κ3) is 2.70. The molecule has 1 unspecified atom stereocenters. The zero-order valence-electron chi connectivity index (χ0n) is 9.55. The molecule has 0 amide bonds. The van der Waals surface area contributed by atoms with Gasteiger partial charge in [0.25, 0.3) is 0 Å². The first kappa shape index (κ1) is 11.5. The molecular formula is C11H20N2O. The number of hydrogen-bond donors (Lipinski definition) is 1.